The van der Waals surface area contributed by atoms with Gasteiger partial charge in [0.2, 0.25) is 0 Å². The molecule has 90 valence electrons. The second-order valence-electron chi connectivity index (χ2n) is 4.10. The Bertz CT molecular complexity index is 521. The number of thiophene rings is 1. The van der Waals surface area contributed by atoms with Gasteiger partial charge in [0.1, 0.15) is 5.82 Å². The van der Waals surface area contributed by atoms with Gasteiger partial charge in [0.25, 0.3) is 0 Å². The molecule has 0 saturated heterocycles. The molecule has 0 aliphatic rings. The highest BCUT2D eigenvalue weighted by molar-refractivity contribution is 7.08. The van der Waals surface area contributed by atoms with E-state index in [0.717, 1.165) is 16.7 Å². The monoisotopic (exact) mass is 248 g/mol. The van der Waals surface area contributed by atoms with E-state index >= 15 is 0 Å². The van der Waals surface area contributed by atoms with Crippen molar-refractivity contribution in [3.8, 4) is 0 Å². The average Bonchev–Trinajstić information content (AvgIpc) is 2.71. The Morgan fingerprint density at radius 2 is 2.06 bits per heavy atom. The van der Waals surface area contributed by atoms with E-state index in [0.29, 0.717) is 5.82 Å². The number of pyridine rings is 1. The molecule has 17 heavy (non-hydrogen) atoms. The van der Waals surface area contributed by atoms with Crippen molar-refractivity contribution in [3.63, 3.8) is 0 Å². The first-order chi connectivity index (χ1) is 8.13. The number of nitrogen functional groups attached to an aromatic ring is 1. The van der Waals surface area contributed by atoms with Gasteiger partial charge in [-0.1, -0.05) is 0 Å². The van der Waals surface area contributed by atoms with E-state index < -0.39 is 0 Å². The summed E-state index contributed by atoms with van der Waals surface area (Å²) in [6.45, 7) is 4.06. The van der Waals surface area contributed by atoms with Gasteiger partial charge in [-0.25, -0.2) is 10.4 Å². The lowest BCUT2D eigenvalue weighted by molar-refractivity contribution is 0.635. The number of aryl methyl sites for hydroxylation is 2. The Hall–Kier alpha value is -1.43. The molecule has 0 aromatic carbocycles. The van der Waals surface area contributed by atoms with Gasteiger partial charge in [-0.3, -0.25) is 5.84 Å². The van der Waals surface area contributed by atoms with E-state index in [1.54, 1.807) is 17.5 Å². The van der Waals surface area contributed by atoms with Crippen LogP contribution in [-0.4, -0.2) is 4.98 Å². The zero-order valence-corrected chi connectivity index (χ0v) is 10.7. The highest BCUT2D eigenvalue weighted by Crippen LogP contribution is 2.29. The van der Waals surface area contributed by atoms with Crippen molar-refractivity contribution in [2.24, 2.45) is 5.84 Å². The molecule has 0 fully saturated rings. The summed E-state index contributed by atoms with van der Waals surface area (Å²) in [5, 5.41) is 4.18. The minimum Gasteiger partial charge on any atom is -0.383 e. The van der Waals surface area contributed by atoms with Crippen molar-refractivity contribution in [1.29, 1.82) is 0 Å². The topological polar surface area (TPSA) is 77.0 Å². The van der Waals surface area contributed by atoms with E-state index in [4.69, 9.17) is 11.6 Å². The molecular weight excluding hydrogens is 232 g/mol. The summed E-state index contributed by atoms with van der Waals surface area (Å²) in [5.41, 5.74) is 13.1. The van der Waals surface area contributed by atoms with Crippen molar-refractivity contribution >= 4 is 17.2 Å². The molecule has 1 atom stereocenters. The van der Waals surface area contributed by atoms with Crippen molar-refractivity contribution < 1.29 is 0 Å². The number of nitrogens with one attached hydrogen (secondary N) is 1. The number of hydrogen-bond donors (Lipinski definition) is 3. The third kappa shape index (κ3) is 2.31. The predicted octanol–water partition coefficient (Wildman–Crippen LogP) is 1.89. The molecule has 0 bridgehead atoms. The molecule has 0 aliphatic carbocycles. The summed E-state index contributed by atoms with van der Waals surface area (Å²) in [5.74, 6) is 6.17. The third-order valence-corrected chi connectivity index (χ3v) is 3.65. The lowest BCUT2D eigenvalue weighted by atomic mass is 9.98. The van der Waals surface area contributed by atoms with Crippen LogP contribution >= 0.6 is 11.3 Å². The normalized spacial score (nSPS) is 12.6. The van der Waals surface area contributed by atoms with Crippen molar-refractivity contribution in [1.82, 2.24) is 10.4 Å². The molecule has 0 saturated carbocycles. The fourth-order valence-corrected chi connectivity index (χ4v) is 2.72. The van der Waals surface area contributed by atoms with Gasteiger partial charge >= 0.3 is 0 Å². The summed E-state index contributed by atoms with van der Waals surface area (Å²) >= 11 is 1.66. The van der Waals surface area contributed by atoms with Crippen LogP contribution in [0, 0.1) is 13.8 Å². The van der Waals surface area contributed by atoms with Crippen molar-refractivity contribution in [3.05, 3.63) is 45.3 Å². The van der Waals surface area contributed by atoms with Gasteiger partial charge < -0.3 is 5.73 Å². The molecule has 5 N–H and O–H groups in total. The second-order valence-corrected chi connectivity index (χ2v) is 4.84. The highest BCUT2D eigenvalue weighted by atomic mass is 32.1. The maximum absolute atomic E-state index is 5.92. The van der Waals surface area contributed by atoms with Gasteiger partial charge in [-0.2, -0.15) is 11.3 Å². The quantitative estimate of drug-likeness (QED) is 0.572. The second kappa shape index (κ2) is 4.83. The molecule has 0 aliphatic heterocycles. The maximum Gasteiger partial charge on any atom is 0.128 e. The van der Waals surface area contributed by atoms with Gasteiger partial charge in [-0.15, -0.1) is 0 Å². The van der Waals surface area contributed by atoms with E-state index in [-0.39, 0.29) is 6.04 Å². The fraction of sp³-hybridized carbons (Fsp3) is 0.250. The number of aromatic nitrogens is 1. The van der Waals surface area contributed by atoms with Crippen molar-refractivity contribution in [2.45, 2.75) is 19.9 Å². The molecule has 2 rings (SSSR count). The minimum atomic E-state index is -0.103. The Kier molecular flexibility index (Phi) is 3.42. The first kappa shape index (κ1) is 12.0. The third-order valence-electron chi connectivity index (χ3n) is 2.77. The number of anilines is 1. The smallest absolute Gasteiger partial charge is 0.128 e. The number of nitrogens with zero attached hydrogens (tertiary/aromatic N) is 1. The standard InChI is InChI=1S/C12H16N4S/c1-7-3-9(12(13)15-4-7)11(16-14)10-6-17-5-8(10)2/h3-6,11,16H,14H2,1-2H3,(H2,13,15). The van der Waals surface area contributed by atoms with Crippen LogP contribution in [0.15, 0.2) is 23.0 Å². The van der Waals surface area contributed by atoms with Crippen LogP contribution in [0.5, 0.6) is 0 Å². The molecule has 5 heteroatoms. The summed E-state index contributed by atoms with van der Waals surface area (Å²) in [7, 11) is 0. The van der Waals surface area contributed by atoms with Crippen LogP contribution in [0.25, 0.3) is 0 Å². The van der Waals surface area contributed by atoms with Crippen LogP contribution < -0.4 is 17.0 Å². The molecule has 0 amide bonds. The highest BCUT2D eigenvalue weighted by Gasteiger charge is 2.18. The molecular formula is C12H16N4S. The lowest BCUT2D eigenvalue weighted by Gasteiger charge is -2.18. The average molecular weight is 248 g/mol. The Balaban J connectivity index is 2.49. The van der Waals surface area contributed by atoms with E-state index in [2.05, 4.69) is 28.1 Å². The summed E-state index contributed by atoms with van der Waals surface area (Å²) in [6, 6.07) is 1.91. The number of rotatable bonds is 3. The van der Waals surface area contributed by atoms with Crippen molar-refractivity contribution in [2.75, 3.05) is 5.73 Å². The summed E-state index contributed by atoms with van der Waals surface area (Å²) in [4.78, 5) is 4.17. The van der Waals surface area contributed by atoms with E-state index in [1.165, 1.54) is 5.56 Å². The summed E-state index contributed by atoms with van der Waals surface area (Å²) in [6.07, 6.45) is 1.76. The Labute approximate surface area is 105 Å². The molecule has 2 aromatic heterocycles. The van der Waals surface area contributed by atoms with Crippen LogP contribution in [0.1, 0.15) is 28.3 Å². The van der Waals surface area contributed by atoms with Crippen LogP contribution in [0.2, 0.25) is 0 Å². The van der Waals surface area contributed by atoms with Gasteiger partial charge in [0, 0.05) is 11.8 Å². The van der Waals surface area contributed by atoms with Gasteiger partial charge in [-0.05, 0) is 47.4 Å². The van der Waals surface area contributed by atoms with E-state index in [9.17, 15) is 0 Å². The maximum atomic E-state index is 5.92. The minimum absolute atomic E-state index is 0.103. The molecule has 0 spiro atoms. The fourth-order valence-electron chi connectivity index (χ4n) is 1.85. The van der Waals surface area contributed by atoms with Gasteiger partial charge in [0.15, 0.2) is 0 Å². The molecule has 2 heterocycles. The first-order valence-electron chi connectivity index (χ1n) is 5.34. The van der Waals surface area contributed by atoms with Gasteiger partial charge in [0.05, 0.1) is 6.04 Å². The van der Waals surface area contributed by atoms with Crippen LogP contribution in [0.4, 0.5) is 5.82 Å². The Morgan fingerprint density at radius 3 is 2.65 bits per heavy atom. The first-order valence-corrected chi connectivity index (χ1v) is 6.28. The number of nitrogens with two attached hydrogens (primary N) is 2. The molecule has 0 radical (unpaired) electrons. The summed E-state index contributed by atoms with van der Waals surface area (Å²) < 4.78 is 0. The largest absolute Gasteiger partial charge is 0.383 e. The zero-order chi connectivity index (χ0) is 12.4. The molecule has 4 nitrogen and oxygen atoms in total. The Morgan fingerprint density at radius 1 is 1.29 bits per heavy atom. The van der Waals surface area contributed by atoms with E-state index in [1.807, 2.05) is 13.0 Å². The number of hydrazine groups is 1. The zero-order valence-electron chi connectivity index (χ0n) is 9.90. The molecule has 1 unspecified atom stereocenters. The van der Waals surface area contributed by atoms with Crippen LogP contribution in [0.3, 0.4) is 0 Å². The SMILES string of the molecule is Cc1cnc(N)c(C(NN)c2cscc2C)c1. The molecule has 2 aromatic rings. The lowest BCUT2D eigenvalue weighted by Crippen LogP contribution is -2.29. The predicted molar refractivity (Wildman–Crippen MR) is 71.6 cm³/mol. The van der Waals surface area contributed by atoms with Crippen LogP contribution in [-0.2, 0) is 0 Å². The number of hydrogen-bond acceptors (Lipinski definition) is 5.